The summed E-state index contributed by atoms with van der Waals surface area (Å²) in [6.07, 6.45) is 2.54. The van der Waals surface area contributed by atoms with Crippen molar-refractivity contribution >= 4 is 16.9 Å². The molecule has 4 rings (SSSR count). The highest BCUT2D eigenvalue weighted by Gasteiger charge is 2.18. The lowest BCUT2D eigenvalue weighted by Gasteiger charge is -2.18. The van der Waals surface area contributed by atoms with Gasteiger partial charge < -0.3 is 14.4 Å². The molecular formula is C22H21N5O2. The highest BCUT2D eigenvalue weighted by atomic mass is 16.5. The van der Waals surface area contributed by atoms with Gasteiger partial charge in [0.15, 0.2) is 0 Å². The molecule has 146 valence electrons. The maximum Gasteiger partial charge on any atom is 0.246 e. The summed E-state index contributed by atoms with van der Waals surface area (Å²) in [5.74, 6) is 1.67. The van der Waals surface area contributed by atoms with Crippen LogP contribution in [0, 0.1) is 0 Å². The fourth-order valence-electron chi connectivity index (χ4n) is 3.10. The molecule has 2 heterocycles. The number of aromatic amines is 1. The Balaban J connectivity index is 1.41. The number of hydrogen-bond donors (Lipinski definition) is 1. The molecule has 0 bridgehead atoms. The fraction of sp³-hybridized carbons (Fsp3) is 0.182. The number of benzene rings is 2. The van der Waals surface area contributed by atoms with E-state index >= 15 is 0 Å². The van der Waals surface area contributed by atoms with Crippen LogP contribution in [0.25, 0.3) is 22.4 Å². The Morgan fingerprint density at radius 1 is 1.10 bits per heavy atom. The number of carbonyl (C=O) groups excluding carboxylic acids is 1. The molecule has 0 atom stereocenters. The second-order valence-electron chi connectivity index (χ2n) is 6.64. The molecule has 0 spiro atoms. The van der Waals surface area contributed by atoms with Crippen LogP contribution in [0.1, 0.15) is 18.1 Å². The molecule has 2 aromatic heterocycles. The number of nitrogens with zero attached hydrogens (tertiary/aromatic N) is 4. The van der Waals surface area contributed by atoms with Gasteiger partial charge in [-0.15, -0.1) is 6.58 Å². The van der Waals surface area contributed by atoms with Gasteiger partial charge in [-0.05, 0) is 12.1 Å². The first kappa shape index (κ1) is 18.6. The lowest BCUT2D eigenvalue weighted by molar-refractivity contribution is -0.131. The minimum atomic E-state index is -0.0233. The lowest BCUT2D eigenvalue weighted by Crippen LogP contribution is -2.31. The Bertz CT molecular complexity index is 1080. The molecule has 1 N–H and O–H groups in total. The maximum atomic E-state index is 12.7. The quantitative estimate of drug-likeness (QED) is 0.465. The van der Waals surface area contributed by atoms with Crippen LogP contribution in [-0.4, -0.2) is 37.5 Å². The third-order valence-corrected chi connectivity index (χ3v) is 4.54. The van der Waals surface area contributed by atoms with E-state index in [1.54, 1.807) is 11.0 Å². The number of aromatic nitrogens is 4. The van der Waals surface area contributed by atoms with Gasteiger partial charge in [0.05, 0.1) is 11.0 Å². The van der Waals surface area contributed by atoms with Crippen LogP contribution >= 0.6 is 0 Å². The molecule has 0 aliphatic rings. The lowest BCUT2D eigenvalue weighted by atomic mass is 10.2. The number of amides is 1. The van der Waals surface area contributed by atoms with E-state index in [-0.39, 0.29) is 12.5 Å². The third kappa shape index (κ3) is 4.40. The number of fused-ring (bicyclic) bond motifs is 1. The van der Waals surface area contributed by atoms with Gasteiger partial charge in [-0.25, -0.2) is 4.98 Å². The number of H-pyrrole nitrogens is 1. The van der Waals surface area contributed by atoms with E-state index in [1.165, 1.54) is 0 Å². The molecule has 0 saturated heterocycles. The number of aryl methyl sites for hydroxylation is 1. The first-order valence-electron chi connectivity index (χ1n) is 9.43. The van der Waals surface area contributed by atoms with Gasteiger partial charge in [-0.3, -0.25) is 4.79 Å². The standard InChI is InChI=1S/C22H21N5O2/c1-2-14-27(15-20-25-22(26-29-20)16-8-4-3-5-9-16)21(28)13-12-19-23-17-10-6-7-11-18(17)24-19/h2-11H,1,12-15H2,(H,23,24). The van der Waals surface area contributed by atoms with Crippen molar-refractivity contribution in [1.82, 2.24) is 25.0 Å². The summed E-state index contributed by atoms with van der Waals surface area (Å²) in [6.45, 7) is 4.39. The number of imidazole rings is 1. The third-order valence-electron chi connectivity index (χ3n) is 4.54. The van der Waals surface area contributed by atoms with E-state index in [1.807, 2.05) is 54.6 Å². The van der Waals surface area contributed by atoms with Crippen molar-refractivity contribution in [3.63, 3.8) is 0 Å². The summed E-state index contributed by atoms with van der Waals surface area (Å²) in [7, 11) is 0. The predicted octanol–water partition coefficient (Wildman–Crippen LogP) is 3.76. The van der Waals surface area contributed by atoms with Crippen LogP contribution in [0.4, 0.5) is 0 Å². The Morgan fingerprint density at radius 3 is 2.69 bits per heavy atom. The van der Waals surface area contributed by atoms with Gasteiger partial charge in [0.25, 0.3) is 0 Å². The summed E-state index contributed by atoms with van der Waals surface area (Å²) >= 11 is 0. The smallest absolute Gasteiger partial charge is 0.246 e. The molecule has 7 heteroatoms. The van der Waals surface area contributed by atoms with E-state index in [2.05, 4.69) is 26.7 Å². The fourth-order valence-corrected chi connectivity index (χ4v) is 3.10. The maximum absolute atomic E-state index is 12.7. The molecule has 4 aromatic rings. The zero-order valence-corrected chi connectivity index (χ0v) is 15.9. The molecule has 0 aliphatic heterocycles. The number of rotatable bonds is 8. The molecule has 0 radical (unpaired) electrons. The first-order chi connectivity index (χ1) is 14.2. The molecule has 1 amide bonds. The summed E-state index contributed by atoms with van der Waals surface area (Å²) in [6, 6.07) is 17.4. The Kier molecular flexibility index (Phi) is 5.47. The SMILES string of the molecule is C=CCN(Cc1nc(-c2ccccc2)no1)C(=O)CCc1nc2ccccc2[nH]1. The molecular weight excluding hydrogens is 366 g/mol. The van der Waals surface area contributed by atoms with Crippen LogP contribution < -0.4 is 0 Å². The molecule has 0 fully saturated rings. The first-order valence-corrected chi connectivity index (χ1v) is 9.43. The zero-order valence-electron chi connectivity index (χ0n) is 15.9. The van der Waals surface area contributed by atoms with Crippen molar-refractivity contribution in [1.29, 1.82) is 0 Å². The van der Waals surface area contributed by atoms with Crippen molar-refractivity contribution < 1.29 is 9.32 Å². The van der Waals surface area contributed by atoms with Crippen molar-refractivity contribution in [3.8, 4) is 11.4 Å². The summed E-state index contributed by atoms with van der Waals surface area (Å²) in [4.78, 5) is 26.6. The van der Waals surface area contributed by atoms with Crippen molar-refractivity contribution in [2.75, 3.05) is 6.54 Å². The van der Waals surface area contributed by atoms with Crippen LogP contribution in [0.3, 0.4) is 0 Å². The molecule has 29 heavy (non-hydrogen) atoms. The summed E-state index contributed by atoms with van der Waals surface area (Å²) < 4.78 is 5.34. The second-order valence-corrected chi connectivity index (χ2v) is 6.64. The van der Waals surface area contributed by atoms with Crippen molar-refractivity contribution in [2.45, 2.75) is 19.4 Å². The van der Waals surface area contributed by atoms with Crippen molar-refractivity contribution in [3.05, 3.63) is 79.0 Å². The minimum absolute atomic E-state index is 0.0233. The molecule has 0 unspecified atom stereocenters. The van der Waals surface area contributed by atoms with Crippen LogP contribution in [0.5, 0.6) is 0 Å². The Morgan fingerprint density at radius 2 is 1.90 bits per heavy atom. The van der Waals surface area contributed by atoms with Gasteiger partial charge >= 0.3 is 0 Å². The van der Waals surface area contributed by atoms with Gasteiger partial charge in [-0.2, -0.15) is 4.98 Å². The van der Waals surface area contributed by atoms with E-state index < -0.39 is 0 Å². The Labute approximate surface area is 168 Å². The summed E-state index contributed by atoms with van der Waals surface area (Å²) in [5, 5.41) is 4.01. The van der Waals surface area contributed by atoms with Gasteiger partial charge in [0, 0.05) is 24.9 Å². The van der Waals surface area contributed by atoms with Gasteiger partial charge in [0.1, 0.15) is 12.4 Å². The van der Waals surface area contributed by atoms with Gasteiger partial charge in [0.2, 0.25) is 17.6 Å². The number of para-hydroxylation sites is 2. The van der Waals surface area contributed by atoms with Crippen LogP contribution in [-0.2, 0) is 17.8 Å². The van der Waals surface area contributed by atoms with Crippen LogP contribution in [0.15, 0.2) is 71.8 Å². The average molecular weight is 387 g/mol. The molecule has 0 saturated carbocycles. The van der Waals surface area contributed by atoms with E-state index in [4.69, 9.17) is 4.52 Å². The monoisotopic (exact) mass is 387 g/mol. The molecule has 7 nitrogen and oxygen atoms in total. The average Bonchev–Trinajstić information content (AvgIpc) is 3.39. The minimum Gasteiger partial charge on any atom is -0.342 e. The number of hydrogen-bond acceptors (Lipinski definition) is 5. The Hall–Kier alpha value is -3.74. The van der Waals surface area contributed by atoms with Gasteiger partial charge in [-0.1, -0.05) is 53.7 Å². The number of carbonyl (C=O) groups is 1. The second kappa shape index (κ2) is 8.52. The largest absolute Gasteiger partial charge is 0.342 e. The molecule has 2 aromatic carbocycles. The van der Waals surface area contributed by atoms with E-state index in [0.29, 0.717) is 31.1 Å². The van der Waals surface area contributed by atoms with E-state index in [9.17, 15) is 4.79 Å². The normalized spacial score (nSPS) is 10.9. The van der Waals surface area contributed by atoms with E-state index in [0.717, 1.165) is 22.4 Å². The zero-order chi connectivity index (χ0) is 20.1. The molecule has 0 aliphatic carbocycles. The van der Waals surface area contributed by atoms with Crippen LogP contribution in [0.2, 0.25) is 0 Å². The topological polar surface area (TPSA) is 87.9 Å². The predicted molar refractivity (Wildman–Crippen MR) is 110 cm³/mol. The van der Waals surface area contributed by atoms with Crippen molar-refractivity contribution in [2.24, 2.45) is 0 Å². The summed E-state index contributed by atoms with van der Waals surface area (Å²) in [5.41, 5.74) is 2.74. The highest BCUT2D eigenvalue weighted by Crippen LogP contribution is 2.16. The highest BCUT2D eigenvalue weighted by molar-refractivity contribution is 5.77. The number of nitrogens with one attached hydrogen (secondary N) is 1.